The van der Waals surface area contributed by atoms with Crippen molar-refractivity contribution in [3.63, 3.8) is 0 Å². The number of hydrogen-bond donors (Lipinski definition) is 0. The fourth-order valence-corrected chi connectivity index (χ4v) is 1.77. The van der Waals surface area contributed by atoms with Gasteiger partial charge in [-0.25, -0.2) is 0 Å². The summed E-state index contributed by atoms with van der Waals surface area (Å²) in [6, 6.07) is 0. The van der Waals surface area contributed by atoms with Crippen LogP contribution in [0, 0.1) is 12.3 Å². The minimum Gasteiger partial charge on any atom is -0.380 e. The molecule has 0 aromatic rings. The van der Waals surface area contributed by atoms with E-state index in [-0.39, 0.29) is 5.91 Å². The molecule has 3 heteroatoms. The van der Waals surface area contributed by atoms with E-state index < -0.39 is 0 Å². The van der Waals surface area contributed by atoms with Crippen LogP contribution in [0.25, 0.3) is 0 Å². The molecule has 0 aromatic heterocycles. The zero-order valence-electron chi connectivity index (χ0n) is 6.51. The Morgan fingerprint density at radius 2 is 2.27 bits per heavy atom. The van der Waals surface area contributed by atoms with E-state index in [4.69, 9.17) is 4.74 Å². The van der Waals surface area contributed by atoms with Gasteiger partial charge in [-0.3, -0.25) is 4.79 Å². The van der Waals surface area contributed by atoms with E-state index in [0.717, 1.165) is 32.7 Å². The Hall–Kier alpha value is -0.570. The number of hydrogen-bond acceptors (Lipinski definition) is 2. The monoisotopic (exact) mass is 154 g/mol. The Labute approximate surface area is 66.3 Å². The standard InChI is InChI=1S/C8H12NO2/c1-7(10)9-3-2-8(4-9)5-11-6-8/h1-6H2. The first-order chi connectivity index (χ1) is 5.22. The number of carbonyl (C=O) groups is 1. The molecule has 0 aromatic carbocycles. The Kier molecular flexibility index (Phi) is 1.42. The third kappa shape index (κ3) is 1.03. The predicted octanol–water partition coefficient (Wildman–Crippen LogP) is 0.0694. The third-order valence-electron chi connectivity index (χ3n) is 2.61. The van der Waals surface area contributed by atoms with Crippen LogP contribution in [-0.2, 0) is 9.53 Å². The Balaban J connectivity index is 1.98. The topological polar surface area (TPSA) is 29.5 Å². The average molecular weight is 154 g/mol. The van der Waals surface area contributed by atoms with Crippen molar-refractivity contribution in [2.75, 3.05) is 26.3 Å². The van der Waals surface area contributed by atoms with Gasteiger partial charge in [0.1, 0.15) is 0 Å². The molecule has 2 heterocycles. The zero-order valence-corrected chi connectivity index (χ0v) is 6.51. The molecule has 11 heavy (non-hydrogen) atoms. The number of nitrogens with zero attached hydrogens (tertiary/aromatic N) is 1. The van der Waals surface area contributed by atoms with Gasteiger partial charge in [-0.2, -0.15) is 0 Å². The van der Waals surface area contributed by atoms with Crippen molar-refractivity contribution in [2.24, 2.45) is 5.41 Å². The molecule has 2 rings (SSSR count). The van der Waals surface area contributed by atoms with Crippen LogP contribution in [0.4, 0.5) is 0 Å². The van der Waals surface area contributed by atoms with Crippen molar-refractivity contribution >= 4 is 5.91 Å². The summed E-state index contributed by atoms with van der Waals surface area (Å²) < 4.78 is 5.13. The highest BCUT2D eigenvalue weighted by Gasteiger charge is 2.44. The lowest BCUT2D eigenvalue weighted by Crippen LogP contribution is -2.45. The van der Waals surface area contributed by atoms with Crippen LogP contribution in [-0.4, -0.2) is 37.1 Å². The molecular weight excluding hydrogens is 142 g/mol. The smallest absolute Gasteiger partial charge is 0.223 e. The molecule has 0 aliphatic carbocycles. The predicted molar refractivity (Wildman–Crippen MR) is 39.8 cm³/mol. The van der Waals surface area contributed by atoms with E-state index in [1.54, 1.807) is 0 Å². The van der Waals surface area contributed by atoms with Crippen LogP contribution in [0.2, 0.25) is 0 Å². The summed E-state index contributed by atoms with van der Waals surface area (Å²) in [7, 11) is 0. The maximum absolute atomic E-state index is 10.8. The van der Waals surface area contributed by atoms with E-state index in [9.17, 15) is 4.79 Å². The molecule has 61 valence electrons. The van der Waals surface area contributed by atoms with E-state index in [1.165, 1.54) is 0 Å². The molecule has 1 amide bonds. The molecule has 0 N–H and O–H groups in total. The molecule has 0 unspecified atom stereocenters. The van der Waals surface area contributed by atoms with Crippen molar-refractivity contribution < 1.29 is 9.53 Å². The van der Waals surface area contributed by atoms with E-state index in [1.807, 2.05) is 4.90 Å². The molecule has 3 nitrogen and oxygen atoms in total. The van der Waals surface area contributed by atoms with E-state index in [0.29, 0.717) is 5.41 Å². The summed E-state index contributed by atoms with van der Waals surface area (Å²) in [6.07, 6.45) is 1.09. The lowest BCUT2D eigenvalue weighted by Gasteiger charge is -2.37. The average Bonchev–Trinajstić information content (AvgIpc) is 2.28. The van der Waals surface area contributed by atoms with Crippen LogP contribution in [0.1, 0.15) is 6.42 Å². The highest BCUT2D eigenvalue weighted by atomic mass is 16.5. The van der Waals surface area contributed by atoms with Crippen molar-refractivity contribution in [1.29, 1.82) is 0 Å². The molecule has 0 saturated carbocycles. The van der Waals surface area contributed by atoms with Crippen LogP contribution < -0.4 is 0 Å². The quantitative estimate of drug-likeness (QED) is 0.494. The third-order valence-corrected chi connectivity index (χ3v) is 2.61. The number of rotatable bonds is 0. The Bertz CT molecular complexity index is 187. The normalized spacial score (nSPS) is 27.2. The van der Waals surface area contributed by atoms with Crippen molar-refractivity contribution in [1.82, 2.24) is 4.90 Å². The van der Waals surface area contributed by atoms with Crippen molar-refractivity contribution in [2.45, 2.75) is 6.42 Å². The number of ether oxygens (including phenoxy) is 1. The Morgan fingerprint density at radius 1 is 1.55 bits per heavy atom. The zero-order chi connectivity index (χ0) is 7.90. The lowest BCUT2D eigenvalue weighted by atomic mass is 9.85. The maximum atomic E-state index is 10.8. The van der Waals surface area contributed by atoms with Crippen molar-refractivity contribution in [3.05, 3.63) is 6.92 Å². The molecule has 0 atom stereocenters. The van der Waals surface area contributed by atoms with Gasteiger partial charge in [-0.05, 0) is 6.42 Å². The fourth-order valence-electron chi connectivity index (χ4n) is 1.77. The number of carbonyl (C=O) groups excluding carboxylic acids is 1. The summed E-state index contributed by atoms with van der Waals surface area (Å²) in [4.78, 5) is 12.7. The molecule has 2 saturated heterocycles. The molecule has 1 spiro atoms. The molecular formula is C8H12NO2. The van der Waals surface area contributed by atoms with Crippen LogP contribution in [0.5, 0.6) is 0 Å². The van der Waals surface area contributed by atoms with Crippen LogP contribution in [0.3, 0.4) is 0 Å². The van der Waals surface area contributed by atoms with Gasteiger partial charge in [0.2, 0.25) is 5.91 Å². The van der Waals surface area contributed by atoms with Gasteiger partial charge in [-0.1, -0.05) is 0 Å². The summed E-state index contributed by atoms with van der Waals surface area (Å²) in [5.41, 5.74) is 0.313. The first-order valence-corrected chi connectivity index (χ1v) is 3.91. The lowest BCUT2D eigenvalue weighted by molar-refractivity contribution is -0.130. The maximum Gasteiger partial charge on any atom is 0.223 e. The second kappa shape index (κ2) is 2.21. The summed E-state index contributed by atoms with van der Waals surface area (Å²) in [5, 5.41) is 0. The first-order valence-electron chi connectivity index (χ1n) is 3.91. The SMILES string of the molecule is [CH2]C(=O)N1CCC2(COC2)C1. The summed E-state index contributed by atoms with van der Waals surface area (Å²) in [5.74, 6) is -0.0474. The highest BCUT2D eigenvalue weighted by molar-refractivity contribution is 5.80. The van der Waals surface area contributed by atoms with Gasteiger partial charge in [0.05, 0.1) is 13.2 Å². The molecule has 2 aliphatic rings. The van der Waals surface area contributed by atoms with Gasteiger partial charge in [0.15, 0.2) is 0 Å². The Morgan fingerprint density at radius 3 is 2.55 bits per heavy atom. The first kappa shape index (κ1) is 7.10. The molecule has 2 fully saturated rings. The second-order valence-electron chi connectivity index (χ2n) is 3.56. The fraction of sp³-hybridized carbons (Fsp3) is 0.750. The molecule has 0 bridgehead atoms. The second-order valence-corrected chi connectivity index (χ2v) is 3.56. The van der Waals surface area contributed by atoms with Gasteiger partial charge in [0.25, 0.3) is 0 Å². The van der Waals surface area contributed by atoms with Crippen LogP contribution >= 0.6 is 0 Å². The molecule has 2 aliphatic heterocycles. The van der Waals surface area contributed by atoms with Gasteiger partial charge < -0.3 is 9.64 Å². The van der Waals surface area contributed by atoms with Gasteiger partial charge in [0, 0.05) is 25.4 Å². The molecule has 1 radical (unpaired) electrons. The van der Waals surface area contributed by atoms with E-state index in [2.05, 4.69) is 6.92 Å². The van der Waals surface area contributed by atoms with Gasteiger partial charge in [-0.15, -0.1) is 0 Å². The summed E-state index contributed by atoms with van der Waals surface area (Å²) in [6.45, 7) is 6.77. The van der Waals surface area contributed by atoms with Crippen LogP contribution in [0.15, 0.2) is 0 Å². The highest BCUT2D eigenvalue weighted by Crippen LogP contribution is 2.37. The van der Waals surface area contributed by atoms with Crippen molar-refractivity contribution in [3.8, 4) is 0 Å². The van der Waals surface area contributed by atoms with Gasteiger partial charge >= 0.3 is 0 Å². The van der Waals surface area contributed by atoms with E-state index >= 15 is 0 Å². The summed E-state index contributed by atoms with van der Waals surface area (Å²) >= 11 is 0. The number of likely N-dealkylation sites (tertiary alicyclic amines) is 1. The largest absolute Gasteiger partial charge is 0.380 e. The number of amides is 1. The minimum atomic E-state index is -0.0474. The minimum absolute atomic E-state index is 0.0474.